The van der Waals surface area contributed by atoms with Gasteiger partial charge < -0.3 is 10.6 Å². The third kappa shape index (κ3) is 6.05. The maximum atomic E-state index is 3.89. The van der Waals surface area contributed by atoms with Crippen molar-refractivity contribution in [2.75, 3.05) is 13.1 Å². The number of hydrogen-bond acceptors (Lipinski definition) is 2. The van der Waals surface area contributed by atoms with E-state index >= 15 is 0 Å². The van der Waals surface area contributed by atoms with Crippen molar-refractivity contribution in [2.45, 2.75) is 189 Å². The lowest BCUT2D eigenvalue weighted by Crippen LogP contribution is -2.52. The molecule has 288 valence electrons. The summed E-state index contributed by atoms with van der Waals surface area (Å²) in [6.45, 7) is 23.5. The van der Waals surface area contributed by atoms with Crippen LogP contribution in [0.1, 0.15) is 177 Å². The summed E-state index contributed by atoms with van der Waals surface area (Å²) in [5.74, 6) is 9.39. The van der Waals surface area contributed by atoms with Gasteiger partial charge in [-0.2, -0.15) is 0 Å². The Labute approximate surface area is 316 Å². The largest absolute Gasteiger partial charge is 0.314 e. The summed E-state index contributed by atoms with van der Waals surface area (Å²) >= 11 is 0. The summed E-state index contributed by atoms with van der Waals surface area (Å²) < 4.78 is 0. The number of fused-ring (bicyclic) bond motifs is 10. The minimum Gasteiger partial charge on any atom is -0.314 e. The smallest absolute Gasteiger partial charge is 0.0105 e. The van der Waals surface area contributed by atoms with E-state index in [0.29, 0.717) is 21.7 Å². The molecule has 0 aliphatic heterocycles. The van der Waals surface area contributed by atoms with Gasteiger partial charge >= 0.3 is 0 Å². The second-order valence-electron chi connectivity index (χ2n) is 22.0. The molecular weight excluding hydrogens is 617 g/mol. The first-order chi connectivity index (χ1) is 24.5. The zero-order valence-electron chi connectivity index (χ0n) is 34.9. The molecule has 0 aromatic rings. The van der Waals surface area contributed by atoms with Crippen molar-refractivity contribution in [2.24, 2.45) is 80.8 Å². The Morgan fingerprint density at radius 1 is 0.569 bits per heavy atom. The first kappa shape index (κ1) is 37.3. The first-order valence-electron chi connectivity index (χ1n) is 23.3. The molecule has 0 radical (unpaired) electrons. The van der Waals surface area contributed by atoms with Gasteiger partial charge in [0.15, 0.2) is 0 Å². The van der Waals surface area contributed by atoms with Crippen LogP contribution in [0.5, 0.6) is 0 Å². The van der Waals surface area contributed by atoms with Gasteiger partial charge in [0, 0.05) is 12.1 Å². The van der Waals surface area contributed by atoms with Crippen LogP contribution in [0.25, 0.3) is 0 Å². The summed E-state index contributed by atoms with van der Waals surface area (Å²) in [6.07, 6.45) is 32.8. The molecule has 8 aliphatic rings. The second-order valence-corrected chi connectivity index (χ2v) is 22.0. The van der Waals surface area contributed by atoms with Crippen LogP contribution in [0.15, 0.2) is 23.3 Å². The Balaban J connectivity index is 0.912. The van der Waals surface area contributed by atoms with Crippen molar-refractivity contribution in [1.29, 1.82) is 0 Å². The monoisotopic (exact) mass is 699 g/mol. The molecule has 0 spiro atoms. The standard InChI is InChI=1S/C49H82N2/c1-9-27-50-36-19-23-46(5)34(30-36)11-13-38-42-17-15-40(48(42,7)25-21-44(38)46)32(3)29-33(4)41-16-18-43-39-14-12-35-31-37(51-28-10-2)20-24-47(35,6)45(39)22-26-49(41,43)8/h11-12,32-33,36-45,50-51H,9-10,13-31H2,1-8H3/t32-,33-,36+,37+,38+,39+,40?,41?,42?,43?,44?,45?,46?,47?,48?,49?/m1/s1. The maximum absolute atomic E-state index is 3.89. The van der Waals surface area contributed by atoms with Gasteiger partial charge in [-0.25, -0.2) is 0 Å². The van der Waals surface area contributed by atoms with E-state index in [1.165, 1.54) is 135 Å². The van der Waals surface area contributed by atoms with Gasteiger partial charge in [-0.15, -0.1) is 0 Å². The van der Waals surface area contributed by atoms with Gasteiger partial charge in [0.1, 0.15) is 0 Å². The quantitative estimate of drug-likeness (QED) is 0.222. The van der Waals surface area contributed by atoms with Crippen LogP contribution in [0, 0.1) is 80.8 Å². The van der Waals surface area contributed by atoms with Gasteiger partial charge in [0.05, 0.1) is 0 Å². The van der Waals surface area contributed by atoms with Crippen molar-refractivity contribution < 1.29 is 0 Å². The molecule has 0 aromatic heterocycles. The van der Waals surface area contributed by atoms with E-state index in [-0.39, 0.29) is 0 Å². The summed E-state index contributed by atoms with van der Waals surface area (Å²) in [5, 5.41) is 7.79. The van der Waals surface area contributed by atoms with E-state index in [0.717, 1.165) is 71.3 Å². The Bertz CT molecular complexity index is 1210. The number of rotatable bonds is 10. The first-order valence-corrected chi connectivity index (χ1v) is 23.3. The van der Waals surface area contributed by atoms with Crippen LogP contribution >= 0.6 is 0 Å². The lowest BCUT2D eigenvalue weighted by molar-refractivity contribution is -0.0608. The Hall–Kier alpha value is -0.600. The van der Waals surface area contributed by atoms with Crippen LogP contribution in [-0.4, -0.2) is 25.2 Å². The van der Waals surface area contributed by atoms with Crippen LogP contribution < -0.4 is 10.6 Å². The fourth-order valence-corrected chi connectivity index (χ4v) is 17.2. The fraction of sp³-hybridized carbons (Fsp3) is 0.918. The summed E-state index contributed by atoms with van der Waals surface area (Å²) in [4.78, 5) is 0. The molecule has 0 amide bonds. The average Bonchev–Trinajstić information content (AvgIpc) is 3.66. The molecule has 6 saturated carbocycles. The minimum atomic E-state index is 0.485. The minimum absolute atomic E-state index is 0.485. The second kappa shape index (κ2) is 14.2. The molecule has 10 unspecified atom stereocenters. The molecule has 8 rings (SSSR count). The Kier molecular flexibility index (Phi) is 10.4. The molecule has 0 heterocycles. The van der Waals surface area contributed by atoms with Gasteiger partial charge in [-0.3, -0.25) is 0 Å². The number of allylic oxidation sites excluding steroid dienone is 2. The highest BCUT2D eigenvalue weighted by Crippen LogP contribution is 2.70. The van der Waals surface area contributed by atoms with Crippen molar-refractivity contribution in [3.63, 3.8) is 0 Å². The van der Waals surface area contributed by atoms with Crippen LogP contribution in [-0.2, 0) is 0 Å². The van der Waals surface area contributed by atoms with E-state index in [1.807, 2.05) is 11.1 Å². The normalized spacial score (nSPS) is 50.0. The predicted octanol–water partition coefficient (Wildman–Crippen LogP) is 12.5. The van der Waals surface area contributed by atoms with Gasteiger partial charge in [0.25, 0.3) is 0 Å². The van der Waals surface area contributed by atoms with Crippen molar-refractivity contribution >= 4 is 0 Å². The van der Waals surface area contributed by atoms with E-state index in [2.05, 4.69) is 78.2 Å². The molecule has 0 aromatic carbocycles. The van der Waals surface area contributed by atoms with E-state index in [1.54, 1.807) is 0 Å². The number of hydrogen-bond donors (Lipinski definition) is 2. The summed E-state index contributed by atoms with van der Waals surface area (Å²) in [7, 11) is 0. The molecule has 2 N–H and O–H groups in total. The molecule has 0 saturated heterocycles. The van der Waals surface area contributed by atoms with Crippen molar-refractivity contribution in [3.05, 3.63) is 23.3 Å². The lowest BCUT2D eigenvalue weighted by Gasteiger charge is -2.59. The molecule has 51 heavy (non-hydrogen) atoms. The van der Waals surface area contributed by atoms with Crippen LogP contribution in [0.2, 0.25) is 0 Å². The van der Waals surface area contributed by atoms with Crippen molar-refractivity contribution in [1.82, 2.24) is 10.6 Å². The number of nitrogens with one attached hydrogen (secondary N) is 2. The summed E-state index contributed by atoms with van der Waals surface area (Å²) in [5.41, 5.74) is 5.83. The van der Waals surface area contributed by atoms with E-state index < -0.39 is 0 Å². The highest BCUT2D eigenvalue weighted by atomic mass is 14.9. The molecule has 8 aliphatic carbocycles. The fourth-order valence-electron chi connectivity index (χ4n) is 17.2. The highest BCUT2D eigenvalue weighted by molar-refractivity contribution is 5.27. The maximum Gasteiger partial charge on any atom is 0.0105 e. The Morgan fingerprint density at radius 3 is 1.41 bits per heavy atom. The van der Waals surface area contributed by atoms with Gasteiger partial charge in [-0.05, 0) is 216 Å². The predicted molar refractivity (Wildman–Crippen MR) is 217 cm³/mol. The molecule has 16 atom stereocenters. The molecule has 0 bridgehead atoms. The third-order valence-corrected chi connectivity index (χ3v) is 19.8. The third-order valence-electron chi connectivity index (χ3n) is 19.8. The average molecular weight is 699 g/mol. The highest BCUT2D eigenvalue weighted by Gasteiger charge is 2.61. The van der Waals surface area contributed by atoms with E-state index in [4.69, 9.17) is 0 Å². The zero-order valence-corrected chi connectivity index (χ0v) is 34.9. The molecular formula is C49H82N2. The zero-order chi connectivity index (χ0) is 35.8. The SMILES string of the molecule is CCCN[C@H]1CCC2(C)C(=CC[C@@H]3C2CCC2(C)C3CCC2[C@H](C)C[C@@H](C)C2CCC3[C@@H]4CC=C5C[C@@H](NCCC)CCC5(C)C4CCC32C)C1. The Morgan fingerprint density at radius 2 is 1.00 bits per heavy atom. The van der Waals surface area contributed by atoms with Gasteiger partial charge in [0.2, 0.25) is 0 Å². The van der Waals surface area contributed by atoms with Crippen LogP contribution in [0.4, 0.5) is 0 Å². The lowest BCUT2D eigenvalue weighted by atomic mass is 9.46. The van der Waals surface area contributed by atoms with Crippen molar-refractivity contribution in [3.8, 4) is 0 Å². The van der Waals surface area contributed by atoms with E-state index in [9.17, 15) is 0 Å². The topological polar surface area (TPSA) is 24.1 Å². The molecule has 6 fully saturated rings. The summed E-state index contributed by atoms with van der Waals surface area (Å²) in [6, 6.07) is 1.46. The molecule has 2 nitrogen and oxygen atoms in total. The van der Waals surface area contributed by atoms with Gasteiger partial charge in [-0.1, -0.05) is 78.7 Å². The molecule has 2 heteroatoms. The van der Waals surface area contributed by atoms with Crippen LogP contribution in [0.3, 0.4) is 0 Å².